The average molecular weight is 447 g/mol. The highest BCUT2D eigenvalue weighted by Crippen LogP contribution is 2.23. The smallest absolute Gasteiger partial charge is 0.311 e. The molecule has 3 heterocycles. The molecule has 0 unspecified atom stereocenters. The Morgan fingerprint density at radius 2 is 1.88 bits per heavy atom. The lowest BCUT2D eigenvalue weighted by Crippen LogP contribution is -2.17. The van der Waals surface area contributed by atoms with Gasteiger partial charge < -0.3 is 16.4 Å². The number of nitrogens with one attached hydrogen (secondary N) is 2. The summed E-state index contributed by atoms with van der Waals surface area (Å²) in [5.41, 5.74) is 9.44. The Labute approximate surface area is 191 Å². The molecule has 170 valence electrons. The summed E-state index contributed by atoms with van der Waals surface area (Å²) in [7, 11) is 0. The minimum Gasteiger partial charge on any atom is -0.378 e. The Morgan fingerprint density at radius 3 is 2.61 bits per heavy atom. The van der Waals surface area contributed by atoms with Gasteiger partial charge >= 0.3 is 5.69 Å². The van der Waals surface area contributed by atoms with Gasteiger partial charge in [-0.2, -0.15) is 0 Å². The zero-order chi connectivity index (χ0) is 23.2. The summed E-state index contributed by atoms with van der Waals surface area (Å²) in [6, 6.07) is 13.3. The van der Waals surface area contributed by atoms with Crippen LogP contribution in [0.25, 0.3) is 16.9 Å². The van der Waals surface area contributed by atoms with Gasteiger partial charge in [-0.15, -0.1) is 0 Å². The normalized spacial score (nSPS) is 10.9. The number of unbranched alkanes of at least 4 members (excludes halogenated alkanes) is 1. The number of aromatic nitrogens is 4. The van der Waals surface area contributed by atoms with Gasteiger partial charge in [0, 0.05) is 43.2 Å². The van der Waals surface area contributed by atoms with Crippen molar-refractivity contribution in [2.45, 2.75) is 26.2 Å². The Bertz CT molecular complexity index is 1250. The van der Waals surface area contributed by atoms with E-state index in [1.165, 1.54) is 30.5 Å². The number of nitro groups is 1. The molecule has 0 aliphatic rings. The van der Waals surface area contributed by atoms with Crippen molar-refractivity contribution in [3.63, 3.8) is 0 Å². The number of imidazole rings is 1. The number of nitrogens with two attached hydrogens (primary N) is 1. The molecule has 0 aliphatic carbocycles. The van der Waals surface area contributed by atoms with Crippen molar-refractivity contribution in [2.75, 3.05) is 29.5 Å². The molecule has 4 N–H and O–H groups in total. The predicted molar refractivity (Wildman–Crippen MR) is 129 cm³/mol. The topological polar surface area (TPSA) is 136 Å². The molecule has 0 saturated carbocycles. The Kier molecular flexibility index (Phi) is 6.63. The van der Waals surface area contributed by atoms with Gasteiger partial charge in [0.15, 0.2) is 0 Å². The third-order valence-corrected chi connectivity index (χ3v) is 5.27. The van der Waals surface area contributed by atoms with E-state index in [9.17, 15) is 10.1 Å². The molecule has 0 radical (unpaired) electrons. The maximum Gasteiger partial charge on any atom is 0.311 e. The third kappa shape index (κ3) is 5.17. The molecule has 4 aromatic rings. The number of benzene rings is 1. The molecule has 0 fully saturated rings. The molecule has 0 amide bonds. The quantitative estimate of drug-likeness (QED) is 0.188. The number of hydrogen-bond donors (Lipinski definition) is 3. The number of rotatable bonds is 10. The molecule has 10 heteroatoms. The van der Waals surface area contributed by atoms with E-state index in [0.29, 0.717) is 24.9 Å². The van der Waals surface area contributed by atoms with Crippen LogP contribution in [0, 0.1) is 10.1 Å². The fourth-order valence-corrected chi connectivity index (χ4v) is 3.50. The van der Waals surface area contributed by atoms with Gasteiger partial charge in [-0.1, -0.05) is 37.6 Å². The highest BCUT2D eigenvalue weighted by Gasteiger charge is 2.13. The highest BCUT2D eigenvalue weighted by molar-refractivity contribution is 5.66. The molecule has 0 aliphatic heterocycles. The first-order valence-corrected chi connectivity index (χ1v) is 10.9. The highest BCUT2D eigenvalue weighted by atomic mass is 16.6. The number of nitrogen functional groups attached to an aromatic ring is 1. The van der Waals surface area contributed by atoms with Gasteiger partial charge in [-0.3, -0.25) is 14.5 Å². The standard InChI is InChI=1S/C23H26N8O2/c1-2-3-4-16-5-7-17(8-6-16)18-15-21-26-13-14-30(21)23(28-18)27-12-11-25-20-10-9-19(31(32)33)22(24)29-20/h5-10,13-15H,2-4,11-12H2,1H3,(H,27,28)(H3,24,25,29). The van der Waals surface area contributed by atoms with Crippen LogP contribution in [-0.2, 0) is 6.42 Å². The maximum absolute atomic E-state index is 10.9. The lowest BCUT2D eigenvalue weighted by Gasteiger charge is -2.12. The Hall–Kier alpha value is -4.21. The fourth-order valence-electron chi connectivity index (χ4n) is 3.50. The summed E-state index contributed by atoms with van der Waals surface area (Å²) >= 11 is 0. The number of nitrogens with zero attached hydrogens (tertiary/aromatic N) is 5. The van der Waals surface area contributed by atoms with E-state index in [-0.39, 0.29) is 11.5 Å². The second kappa shape index (κ2) is 9.94. The lowest BCUT2D eigenvalue weighted by molar-refractivity contribution is -0.384. The van der Waals surface area contributed by atoms with Crippen LogP contribution in [0.3, 0.4) is 0 Å². The summed E-state index contributed by atoms with van der Waals surface area (Å²) < 4.78 is 1.89. The van der Waals surface area contributed by atoms with Gasteiger partial charge in [0.1, 0.15) is 11.5 Å². The largest absolute Gasteiger partial charge is 0.378 e. The average Bonchev–Trinajstić information content (AvgIpc) is 3.29. The minimum atomic E-state index is -0.554. The minimum absolute atomic E-state index is 0.117. The van der Waals surface area contributed by atoms with E-state index in [4.69, 9.17) is 10.7 Å². The van der Waals surface area contributed by atoms with E-state index in [0.717, 1.165) is 23.3 Å². The van der Waals surface area contributed by atoms with E-state index in [1.807, 2.05) is 16.7 Å². The van der Waals surface area contributed by atoms with Crippen molar-refractivity contribution >= 4 is 28.9 Å². The monoisotopic (exact) mass is 446 g/mol. The molecular weight excluding hydrogens is 420 g/mol. The first kappa shape index (κ1) is 22.0. The van der Waals surface area contributed by atoms with Crippen molar-refractivity contribution in [2.24, 2.45) is 0 Å². The van der Waals surface area contributed by atoms with Crippen molar-refractivity contribution in [3.05, 3.63) is 70.5 Å². The van der Waals surface area contributed by atoms with Crippen molar-refractivity contribution < 1.29 is 4.92 Å². The molecule has 1 aromatic carbocycles. The van der Waals surface area contributed by atoms with Crippen LogP contribution in [0.15, 0.2) is 54.9 Å². The van der Waals surface area contributed by atoms with E-state index < -0.39 is 4.92 Å². The fraction of sp³-hybridized carbons (Fsp3) is 0.261. The van der Waals surface area contributed by atoms with Gasteiger partial charge in [-0.05, 0) is 24.5 Å². The first-order valence-electron chi connectivity index (χ1n) is 10.9. The maximum atomic E-state index is 10.9. The number of aryl methyl sites for hydroxylation is 1. The zero-order valence-electron chi connectivity index (χ0n) is 18.4. The van der Waals surface area contributed by atoms with Gasteiger partial charge in [0.25, 0.3) is 0 Å². The molecule has 4 rings (SSSR count). The second-order valence-electron chi connectivity index (χ2n) is 7.63. The molecule has 3 aromatic heterocycles. The SMILES string of the molecule is CCCCc1ccc(-c2cc3nccn3c(NCCNc3ccc([N+](=O)[O-])c(N)n3)n2)cc1. The molecule has 0 atom stereocenters. The molecule has 0 spiro atoms. The molecular formula is C23H26N8O2. The van der Waals surface area contributed by atoms with Crippen molar-refractivity contribution in [1.82, 2.24) is 19.4 Å². The molecule has 33 heavy (non-hydrogen) atoms. The number of fused-ring (bicyclic) bond motifs is 1. The van der Waals surface area contributed by atoms with Crippen LogP contribution >= 0.6 is 0 Å². The summed E-state index contributed by atoms with van der Waals surface area (Å²) in [5, 5.41) is 17.3. The predicted octanol–water partition coefficient (Wildman–Crippen LogP) is 4.15. The van der Waals surface area contributed by atoms with Crippen LogP contribution in [0.4, 0.5) is 23.3 Å². The second-order valence-corrected chi connectivity index (χ2v) is 7.63. The summed E-state index contributed by atoms with van der Waals surface area (Å²) in [6.45, 7) is 3.25. The van der Waals surface area contributed by atoms with Crippen molar-refractivity contribution in [3.8, 4) is 11.3 Å². The molecule has 0 saturated heterocycles. The summed E-state index contributed by atoms with van der Waals surface area (Å²) in [5.74, 6) is 1.03. The van der Waals surface area contributed by atoms with Gasteiger partial charge in [0.2, 0.25) is 11.8 Å². The van der Waals surface area contributed by atoms with Crippen LogP contribution in [0.2, 0.25) is 0 Å². The summed E-state index contributed by atoms with van der Waals surface area (Å²) in [4.78, 5) is 23.6. The van der Waals surface area contributed by atoms with Crippen molar-refractivity contribution in [1.29, 1.82) is 0 Å². The first-order chi connectivity index (χ1) is 16.0. The number of hydrogen-bond acceptors (Lipinski definition) is 8. The van der Waals surface area contributed by atoms with E-state index >= 15 is 0 Å². The van der Waals surface area contributed by atoms with E-state index in [2.05, 4.69) is 51.8 Å². The number of anilines is 3. The van der Waals surface area contributed by atoms with E-state index in [1.54, 1.807) is 6.20 Å². The van der Waals surface area contributed by atoms with Crippen LogP contribution in [0.1, 0.15) is 25.3 Å². The van der Waals surface area contributed by atoms with Gasteiger partial charge in [0.05, 0.1) is 10.6 Å². The molecule has 0 bridgehead atoms. The third-order valence-electron chi connectivity index (χ3n) is 5.27. The zero-order valence-corrected chi connectivity index (χ0v) is 18.4. The van der Waals surface area contributed by atoms with Crippen LogP contribution < -0.4 is 16.4 Å². The Morgan fingerprint density at radius 1 is 1.09 bits per heavy atom. The van der Waals surface area contributed by atoms with Crippen LogP contribution in [-0.4, -0.2) is 37.4 Å². The lowest BCUT2D eigenvalue weighted by atomic mass is 10.0. The summed E-state index contributed by atoms with van der Waals surface area (Å²) in [6.07, 6.45) is 7.04. The van der Waals surface area contributed by atoms with Crippen LogP contribution in [0.5, 0.6) is 0 Å². The number of pyridine rings is 1. The van der Waals surface area contributed by atoms with Gasteiger partial charge in [-0.25, -0.2) is 15.0 Å². The molecule has 10 nitrogen and oxygen atoms in total. The Balaban J connectivity index is 1.44.